The average molecular weight is 418 g/mol. The number of hydrogen-bond acceptors (Lipinski definition) is 3. The molecule has 0 saturated carbocycles. The largest absolute Gasteiger partial charge is 0.496 e. The molecule has 0 spiro atoms. The normalized spacial score (nSPS) is 12.7. The minimum absolute atomic E-state index is 0.376. The van der Waals surface area contributed by atoms with Gasteiger partial charge in [0.2, 0.25) is 0 Å². The van der Waals surface area contributed by atoms with Gasteiger partial charge in [-0.15, -0.1) is 0 Å². The molecule has 5 rings (SSSR count). The molecule has 1 aliphatic rings. The van der Waals surface area contributed by atoms with Crippen LogP contribution in [0.3, 0.4) is 0 Å². The molecular weight excluding hydrogens is 396 g/mol. The molecule has 0 unspecified atom stereocenters. The number of esters is 1. The number of carbonyl (C=O) groups is 1. The first-order chi connectivity index (χ1) is 15.8. The third-order valence-electron chi connectivity index (χ3n) is 5.75. The fraction of sp³-hybridized carbons (Fsp3) is 0.0690. The van der Waals surface area contributed by atoms with E-state index < -0.39 is 6.10 Å². The van der Waals surface area contributed by atoms with Gasteiger partial charge in [-0.05, 0) is 28.8 Å². The SMILES string of the molecule is COc1ccccc1/C=C(/C(=O)OC1c2ccccc2-c2ccccc21)c1ccccc1. The summed E-state index contributed by atoms with van der Waals surface area (Å²) in [5.74, 6) is 0.323. The lowest BCUT2D eigenvalue weighted by molar-refractivity contribution is -0.140. The number of hydrogen-bond donors (Lipinski definition) is 0. The fourth-order valence-electron chi connectivity index (χ4n) is 4.23. The highest BCUT2D eigenvalue weighted by Gasteiger charge is 2.32. The lowest BCUT2D eigenvalue weighted by atomic mass is 10.0. The Morgan fingerprint density at radius 3 is 1.94 bits per heavy atom. The number of rotatable bonds is 5. The Hall–Kier alpha value is -4.11. The summed E-state index contributed by atoms with van der Waals surface area (Å²) >= 11 is 0. The van der Waals surface area contributed by atoms with Gasteiger partial charge in [0.25, 0.3) is 0 Å². The van der Waals surface area contributed by atoms with Gasteiger partial charge >= 0.3 is 5.97 Å². The summed E-state index contributed by atoms with van der Waals surface area (Å²) in [4.78, 5) is 13.6. The van der Waals surface area contributed by atoms with Gasteiger partial charge in [0.05, 0.1) is 12.7 Å². The predicted octanol–water partition coefficient (Wildman–Crippen LogP) is 6.55. The molecule has 4 aromatic rings. The van der Waals surface area contributed by atoms with E-state index in [0.29, 0.717) is 11.3 Å². The number of para-hydroxylation sites is 1. The first-order valence-corrected chi connectivity index (χ1v) is 10.6. The predicted molar refractivity (Wildman–Crippen MR) is 127 cm³/mol. The van der Waals surface area contributed by atoms with E-state index in [1.54, 1.807) is 7.11 Å². The van der Waals surface area contributed by atoms with Crippen molar-refractivity contribution in [2.24, 2.45) is 0 Å². The van der Waals surface area contributed by atoms with Crippen molar-refractivity contribution >= 4 is 17.6 Å². The van der Waals surface area contributed by atoms with Crippen LogP contribution in [0.1, 0.15) is 28.4 Å². The van der Waals surface area contributed by atoms with Crippen LogP contribution in [0, 0.1) is 0 Å². The molecule has 0 fully saturated rings. The quantitative estimate of drug-likeness (QED) is 0.209. The molecule has 0 heterocycles. The van der Waals surface area contributed by atoms with Crippen LogP contribution in [0.25, 0.3) is 22.8 Å². The third kappa shape index (κ3) is 3.58. The molecule has 0 N–H and O–H groups in total. The van der Waals surface area contributed by atoms with E-state index in [0.717, 1.165) is 33.4 Å². The summed E-state index contributed by atoms with van der Waals surface area (Å²) in [6.45, 7) is 0. The van der Waals surface area contributed by atoms with E-state index in [4.69, 9.17) is 9.47 Å². The zero-order chi connectivity index (χ0) is 21.9. The molecule has 32 heavy (non-hydrogen) atoms. The Labute approximate surface area is 187 Å². The molecule has 0 aromatic heterocycles. The van der Waals surface area contributed by atoms with Gasteiger partial charge in [-0.25, -0.2) is 4.79 Å². The lowest BCUT2D eigenvalue weighted by Crippen LogP contribution is -2.12. The first kappa shape index (κ1) is 19.8. The summed E-state index contributed by atoms with van der Waals surface area (Å²) < 4.78 is 11.7. The number of methoxy groups -OCH3 is 1. The Morgan fingerprint density at radius 2 is 1.28 bits per heavy atom. The summed E-state index contributed by atoms with van der Waals surface area (Å²) in [5, 5.41) is 0. The molecule has 0 saturated heterocycles. The monoisotopic (exact) mass is 418 g/mol. The van der Waals surface area contributed by atoms with Gasteiger partial charge in [-0.1, -0.05) is 97.1 Å². The van der Waals surface area contributed by atoms with E-state index in [1.165, 1.54) is 0 Å². The smallest absolute Gasteiger partial charge is 0.339 e. The van der Waals surface area contributed by atoms with Crippen LogP contribution in [0.15, 0.2) is 103 Å². The molecule has 0 atom stereocenters. The summed E-state index contributed by atoms with van der Waals surface area (Å²) in [5.41, 5.74) is 6.32. The number of benzene rings is 4. The van der Waals surface area contributed by atoms with E-state index in [2.05, 4.69) is 12.1 Å². The van der Waals surface area contributed by atoms with Gasteiger partial charge in [0.1, 0.15) is 5.75 Å². The lowest BCUT2D eigenvalue weighted by Gasteiger charge is -2.17. The molecular formula is C29H22O3. The molecule has 1 aliphatic carbocycles. The van der Waals surface area contributed by atoms with Gasteiger partial charge in [-0.3, -0.25) is 0 Å². The van der Waals surface area contributed by atoms with Crippen LogP contribution in [0.5, 0.6) is 5.75 Å². The van der Waals surface area contributed by atoms with E-state index in [1.807, 2.05) is 97.1 Å². The second kappa shape index (κ2) is 8.56. The van der Waals surface area contributed by atoms with Crippen molar-refractivity contribution in [3.05, 3.63) is 125 Å². The number of fused-ring (bicyclic) bond motifs is 3. The van der Waals surface area contributed by atoms with Gasteiger partial charge < -0.3 is 9.47 Å². The Kier molecular flexibility index (Phi) is 5.30. The van der Waals surface area contributed by atoms with Crippen molar-refractivity contribution in [2.45, 2.75) is 6.10 Å². The molecule has 0 aliphatic heterocycles. The highest BCUT2D eigenvalue weighted by molar-refractivity contribution is 6.22. The van der Waals surface area contributed by atoms with Crippen molar-refractivity contribution in [1.29, 1.82) is 0 Å². The Balaban J connectivity index is 1.57. The van der Waals surface area contributed by atoms with Crippen LogP contribution in [-0.4, -0.2) is 13.1 Å². The first-order valence-electron chi connectivity index (χ1n) is 10.6. The molecule has 3 nitrogen and oxygen atoms in total. The second-order valence-corrected chi connectivity index (χ2v) is 7.63. The minimum atomic E-state index is -0.445. The van der Waals surface area contributed by atoms with Crippen LogP contribution >= 0.6 is 0 Å². The van der Waals surface area contributed by atoms with Gasteiger partial charge in [0, 0.05) is 16.7 Å². The maximum atomic E-state index is 13.6. The van der Waals surface area contributed by atoms with Crippen molar-refractivity contribution in [3.63, 3.8) is 0 Å². The van der Waals surface area contributed by atoms with E-state index in [-0.39, 0.29) is 5.97 Å². The average Bonchev–Trinajstić information content (AvgIpc) is 3.17. The van der Waals surface area contributed by atoms with Crippen molar-refractivity contribution < 1.29 is 14.3 Å². The zero-order valence-corrected chi connectivity index (χ0v) is 17.7. The van der Waals surface area contributed by atoms with E-state index in [9.17, 15) is 4.79 Å². The van der Waals surface area contributed by atoms with Crippen LogP contribution in [-0.2, 0) is 9.53 Å². The maximum Gasteiger partial charge on any atom is 0.339 e. The molecule has 0 amide bonds. The highest BCUT2D eigenvalue weighted by atomic mass is 16.5. The third-order valence-corrected chi connectivity index (χ3v) is 5.75. The fourth-order valence-corrected chi connectivity index (χ4v) is 4.23. The van der Waals surface area contributed by atoms with Crippen molar-refractivity contribution in [2.75, 3.05) is 7.11 Å². The molecule has 3 heteroatoms. The second-order valence-electron chi connectivity index (χ2n) is 7.63. The topological polar surface area (TPSA) is 35.5 Å². The summed E-state index contributed by atoms with van der Waals surface area (Å²) in [6.07, 6.45) is 1.39. The Bertz CT molecular complexity index is 1260. The summed E-state index contributed by atoms with van der Waals surface area (Å²) in [7, 11) is 1.62. The molecule has 156 valence electrons. The maximum absolute atomic E-state index is 13.6. The zero-order valence-electron chi connectivity index (χ0n) is 17.7. The van der Waals surface area contributed by atoms with E-state index >= 15 is 0 Å². The van der Waals surface area contributed by atoms with Crippen LogP contribution < -0.4 is 4.74 Å². The highest BCUT2D eigenvalue weighted by Crippen LogP contribution is 2.45. The van der Waals surface area contributed by atoms with Gasteiger partial charge in [0.15, 0.2) is 6.10 Å². The minimum Gasteiger partial charge on any atom is -0.496 e. The standard InChI is InChI=1S/C29H22O3/c1-31-27-18-10-5-13-21(27)19-26(20-11-3-2-4-12-20)29(30)32-28-24-16-8-6-14-22(24)23-15-7-9-17-25(23)28/h2-19,28H,1H3/b26-19+. The number of ether oxygens (including phenoxy) is 2. The Morgan fingerprint density at radius 1 is 0.719 bits per heavy atom. The van der Waals surface area contributed by atoms with Crippen LogP contribution in [0.2, 0.25) is 0 Å². The van der Waals surface area contributed by atoms with Crippen molar-refractivity contribution in [3.8, 4) is 16.9 Å². The summed E-state index contributed by atoms with van der Waals surface area (Å²) in [6, 6.07) is 33.4. The molecule has 0 radical (unpaired) electrons. The molecule has 0 bridgehead atoms. The van der Waals surface area contributed by atoms with Crippen LogP contribution in [0.4, 0.5) is 0 Å². The molecule has 4 aromatic carbocycles. The number of carbonyl (C=O) groups excluding carboxylic acids is 1. The van der Waals surface area contributed by atoms with Crippen molar-refractivity contribution in [1.82, 2.24) is 0 Å². The van der Waals surface area contributed by atoms with Gasteiger partial charge in [-0.2, -0.15) is 0 Å².